The summed E-state index contributed by atoms with van der Waals surface area (Å²) >= 11 is 0. The second-order valence-electron chi connectivity index (χ2n) is 6.26. The maximum absolute atomic E-state index is 10.1. The molecule has 5 rings (SSSR count). The summed E-state index contributed by atoms with van der Waals surface area (Å²) in [5.74, 6) is 0. The van der Waals surface area contributed by atoms with Gasteiger partial charge in [-0.05, 0) is 58.4 Å². The summed E-state index contributed by atoms with van der Waals surface area (Å²) in [5, 5.41) is 5.64. The Balaban J connectivity index is 0.000000190. The van der Waals surface area contributed by atoms with E-state index in [-0.39, 0.29) is 5.69 Å². The van der Waals surface area contributed by atoms with Gasteiger partial charge in [-0.15, -0.1) is 0 Å². The van der Waals surface area contributed by atoms with Crippen LogP contribution in [-0.2, 0) is 12.8 Å². The number of benzene rings is 3. The summed E-state index contributed by atoms with van der Waals surface area (Å²) < 4.78 is 0. The zero-order valence-electron chi connectivity index (χ0n) is 13.9. The number of aryl methyl sites for hydroxylation is 2. The van der Waals surface area contributed by atoms with Crippen molar-refractivity contribution in [1.82, 2.24) is 15.0 Å². The van der Waals surface area contributed by atoms with Gasteiger partial charge in [0.2, 0.25) is 0 Å². The molecule has 0 spiro atoms. The van der Waals surface area contributed by atoms with Crippen molar-refractivity contribution in [2.24, 2.45) is 0 Å². The third-order valence-corrected chi connectivity index (χ3v) is 4.76. The first-order valence-corrected chi connectivity index (χ1v) is 8.60. The summed E-state index contributed by atoms with van der Waals surface area (Å²) in [6.45, 7) is 0. The molecule has 3 aromatic carbocycles. The van der Waals surface area contributed by atoms with E-state index in [9.17, 15) is 4.79 Å². The van der Waals surface area contributed by atoms with Gasteiger partial charge >= 0.3 is 5.69 Å². The fourth-order valence-corrected chi connectivity index (χ4v) is 3.59. The van der Waals surface area contributed by atoms with Gasteiger partial charge in [-0.3, -0.25) is 4.98 Å². The predicted octanol–water partition coefficient (Wildman–Crippen LogP) is 4.04. The molecule has 0 aliphatic heterocycles. The van der Waals surface area contributed by atoms with Gasteiger partial charge in [0.25, 0.3) is 0 Å². The van der Waals surface area contributed by atoms with E-state index in [4.69, 9.17) is 0 Å². The number of hydrogen-bond donors (Lipinski definition) is 1. The molecule has 1 aliphatic carbocycles. The van der Waals surface area contributed by atoms with Gasteiger partial charge in [0.1, 0.15) is 6.33 Å². The molecule has 0 fully saturated rings. The number of nitrogens with zero attached hydrogens (tertiary/aromatic N) is 2. The van der Waals surface area contributed by atoms with E-state index in [0.29, 0.717) is 0 Å². The molecule has 0 amide bonds. The van der Waals surface area contributed by atoms with Crippen LogP contribution in [0.5, 0.6) is 0 Å². The normalized spacial score (nSPS) is 13.1. The molecule has 25 heavy (non-hydrogen) atoms. The Morgan fingerprint density at radius 1 is 0.840 bits per heavy atom. The average molecular weight is 329 g/mol. The van der Waals surface area contributed by atoms with Crippen molar-refractivity contribution in [3.8, 4) is 0 Å². The number of fused-ring (bicyclic) bond motifs is 5. The number of aromatic amines is 1. The van der Waals surface area contributed by atoms with Crippen molar-refractivity contribution in [2.75, 3.05) is 0 Å². The van der Waals surface area contributed by atoms with E-state index in [1.54, 1.807) is 11.1 Å². The Kier molecular flexibility index (Phi) is 4.25. The highest BCUT2D eigenvalue weighted by atomic mass is 16.1. The van der Waals surface area contributed by atoms with E-state index in [0.717, 1.165) is 0 Å². The lowest BCUT2D eigenvalue weighted by atomic mass is 9.86. The van der Waals surface area contributed by atoms with Gasteiger partial charge in [0, 0.05) is 0 Å². The number of aromatic nitrogens is 3. The van der Waals surface area contributed by atoms with Gasteiger partial charge in [0.15, 0.2) is 0 Å². The van der Waals surface area contributed by atoms with Gasteiger partial charge < -0.3 is 0 Å². The summed E-state index contributed by atoms with van der Waals surface area (Å²) in [6, 6.07) is 18.0. The van der Waals surface area contributed by atoms with Crippen LogP contribution in [0.1, 0.15) is 24.0 Å². The number of hydrogen-bond acceptors (Lipinski definition) is 3. The largest absolute Gasteiger partial charge is 0.347 e. The van der Waals surface area contributed by atoms with E-state index in [1.807, 2.05) is 0 Å². The average Bonchev–Trinajstić information content (AvgIpc) is 2.68. The van der Waals surface area contributed by atoms with Crippen LogP contribution in [0.25, 0.3) is 21.5 Å². The molecule has 4 aromatic rings. The lowest BCUT2D eigenvalue weighted by Gasteiger charge is -2.18. The monoisotopic (exact) mass is 329 g/mol. The highest BCUT2D eigenvalue weighted by molar-refractivity contribution is 6.08. The molecule has 1 heterocycles. The maximum Gasteiger partial charge on any atom is 0.347 e. The smallest absolute Gasteiger partial charge is 0.296 e. The molecule has 0 unspecified atom stereocenters. The molecule has 0 saturated heterocycles. The number of nitrogens with one attached hydrogen (secondary N) is 1. The van der Waals surface area contributed by atoms with Crippen LogP contribution in [0.15, 0.2) is 66.0 Å². The Morgan fingerprint density at radius 3 is 2.48 bits per heavy atom. The first-order valence-electron chi connectivity index (χ1n) is 8.60. The minimum absolute atomic E-state index is 0.366. The molecule has 4 heteroatoms. The molecule has 0 saturated carbocycles. The molecule has 1 aromatic heterocycles. The molecule has 1 aliphatic rings. The van der Waals surface area contributed by atoms with Crippen LogP contribution in [-0.4, -0.2) is 15.0 Å². The van der Waals surface area contributed by atoms with Crippen LogP contribution in [0.2, 0.25) is 0 Å². The molecule has 0 bridgehead atoms. The van der Waals surface area contributed by atoms with Gasteiger partial charge in [0.05, 0.1) is 6.33 Å². The van der Waals surface area contributed by atoms with E-state index in [1.165, 1.54) is 59.9 Å². The summed E-state index contributed by atoms with van der Waals surface area (Å²) in [7, 11) is 0. The third-order valence-electron chi connectivity index (χ3n) is 4.76. The lowest BCUT2D eigenvalue weighted by Crippen LogP contribution is -2.07. The second kappa shape index (κ2) is 6.85. The predicted molar refractivity (Wildman–Crippen MR) is 101 cm³/mol. The van der Waals surface area contributed by atoms with Crippen molar-refractivity contribution in [3.63, 3.8) is 0 Å². The first kappa shape index (κ1) is 15.5. The molecular formula is C21H19N3O. The molecular weight excluding hydrogens is 310 g/mol. The SMILES string of the molecule is O=c1ncnc[nH]1.c1ccc2c(c1)ccc1c3c(ccc12)CCCC3. The van der Waals surface area contributed by atoms with Crippen molar-refractivity contribution < 1.29 is 0 Å². The fraction of sp³-hybridized carbons (Fsp3) is 0.190. The minimum Gasteiger partial charge on any atom is -0.296 e. The Bertz CT molecular complexity index is 1070. The summed E-state index contributed by atoms with van der Waals surface area (Å²) in [4.78, 5) is 19.1. The van der Waals surface area contributed by atoms with Gasteiger partial charge in [-0.1, -0.05) is 48.5 Å². The zero-order valence-corrected chi connectivity index (χ0v) is 13.9. The molecule has 4 nitrogen and oxygen atoms in total. The summed E-state index contributed by atoms with van der Waals surface area (Å²) in [6.07, 6.45) is 7.70. The molecule has 124 valence electrons. The van der Waals surface area contributed by atoms with Crippen LogP contribution in [0.3, 0.4) is 0 Å². The fourth-order valence-electron chi connectivity index (χ4n) is 3.59. The van der Waals surface area contributed by atoms with Crippen molar-refractivity contribution in [1.29, 1.82) is 0 Å². The standard InChI is InChI=1S/C18H16.C3H3N3O/c1-3-7-15-13(5-1)9-11-18-16-8-4-2-6-14(16)10-12-17(15)18;7-3-5-1-4-2-6-3/h1,3,5,7,9-12H,2,4,6,8H2;1-2H,(H,4,5,6,7). The van der Waals surface area contributed by atoms with Crippen LogP contribution in [0, 0.1) is 0 Å². The highest BCUT2D eigenvalue weighted by Gasteiger charge is 2.13. The van der Waals surface area contributed by atoms with Crippen molar-refractivity contribution in [2.45, 2.75) is 25.7 Å². The zero-order chi connectivity index (χ0) is 17.1. The van der Waals surface area contributed by atoms with E-state index in [2.05, 4.69) is 63.5 Å². The van der Waals surface area contributed by atoms with E-state index >= 15 is 0 Å². The van der Waals surface area contributed by atoms with E-state index < -0.39 is 0 Å². The lowest BCUT2D eigenvalue weighted by molar-refractivity contribution is 0.690. The quantitative estimate of drug-likeness (QED) is 0.495. The van der Waals surface area contributed by atoms with Crippen LogP contribution >= 0.6 is 0 Å². The second-order valence-corrected chi connectivity index (χ2v) is 6.26. The Morgan fingerprint density at radius 2 is 1.68 bits per heavy atom. The van der Waals surface area contributed by atoms with Crippen molar-refractivity contribution in [3.05, 3.63) is 82.8 Å². The number of rotatable bonds is 0. The van der Waals surface area contributed by atoms with Crippen LogP contribution in [0.4, 0.5) is 0 Å². The third kappa shape index (κ3) is 3.15. The molecule has 0 atom stereocenters. The topological polar surface area (TPSA) is 58.6 Å². The first-order chi connectivity index (χ1) is 12.3. The summed E-state index contributed by atoms with van der Waals surface area (Å²) in [5.41, 5.74) is 2.81. The highest BCUT2D eigenvalue weighted by Crippen LogP contribution is 2.33. The van der Waals surface area contributed by atoms with Crippen molar-refractivity contribution >= 4 is 21.5 Å². The molecule has 0 radical (unpaired) electrons. The van der Waals surface area contributed by atoms with Crippen LogP contribution < -0.4 is 5.69 Å². The number of H-pyrrole nitrogens is 1. The maximum atomic E-state index is 10.1. The molecule has 1 N–H and O–H groups in total. The van der Waals surface area contributed by atoms with Gasteiger partial charge in [-0.2, -0.15) is 4.98 Å². The van der Waals surface area contributed by atoms with Gasteiger partial charge in [-0.25, -0.2) is 9.78 Å². The Labute approximate surface area is 145 Å². The Hall–Kier alpha value is -3.01. The minimum atomic E-state index is -0.366.